The van der Waals surface area contributed by atoms with E-state index in [0.29, 0.717) is 11.0 Å². The number of nitrogens with two attached hydrogens (primary N) is 1. The van der Waals surface area contributed by atoms with Gasteiger partial charge in [0.2, 0.25) is 5.00 Å². The molecule has 5 heteroatoms. The number of likely N-dealkylation sites (tertiary alicyclic amines) is 1. The third kappa shape index (κ3) is 3.50. The molecule has 1 aromatic heterocycles. The monoisotopic (exact) mass is 316 g/mol. The zero-order valence-corrected chi connectivity index (χ0v) is 14.2. The van der Waals surface area contributed by atoms with Crippen molar-refractivity contribution in [3.8, 4) is 6.07 Å². The van der Waals surface area contributed by atoms with Gasteiger partial charge in [-0.05, 0) is 44.3 Å². The molecule has 0 amide bonds. The van der Waals surface area contributed by atoms with Gasteiger partial charge in [0.15, 0.2) is 0 Å². The van der Waals surface area contributed by atoms with Gasteiger partial charge in [-0.15, -0.1) is 0 Å². The first-order valence-electron chi connectivity index (χ1n) is 7.89. The molecule has 0 aliphatic carbocycles. The van der Waals surface area contributed by atoms with Gasteiger partial charge in [-0.3, -0.25) is 0 Å². The summed E-state index contributed by atoms with van der Waals surface area (Å²) in [7, 11) is 0. The SMILES string of the molecule is [C-]#[N+]c1ccc(C(C#N)(CCCN2CC[C@@H](N)C2)C(C)C)s1. The Bertz CT molecular complexity index is 580. The van der Waals surface area contributed by atoms with E-state index in [0.717, 1.165) is 43.8 Å². The minimum absolute atomic E-state index is 0.232. The lowest BCUT2D eigenvalue weighted by Gasteiger charge is -2.30. The quantitative estimate of drug-likeness (QED) is 0.817. The maximum absolute atomic E-state index is 9.86. The van der Waals surface area contributed by atoms with Crippen molar-refractivity contribution >= 4 is 16.3 Å². The average Bonchev–Trinajstić information content (AvgIpc) is 3.12. The third-order valence-corrected chi connectivity index (χ3v) is 5.84. The molecule has 0 aromatic carbocycles. The Morgan fingerprint density at radius 1 is 1.59 bits per heavy atom. The summed E-state index contributed by atoms with van der Waals surface area (Å²) < 4.78 is 0. The molecule has 1 aliphatic rings. The lowest BCUT2D eigenvalue weighted by Crippen LogP contribution is -2.32. The summed E-state index contributed by atoms with van der Waals surface area (Å²) in [6, 6.07) is 6.68. The number of thiophene rings is 1. The first-order valence-corrected chi connectivity index (χ1v) is 8.70. The number of hydrogen-bond donors (Lipinski definition) is 1. The third-order valence-electron chi connectivity index (χ3n) is 4.68. The average molecular weight is 316 g/mol. The molecule has 2 rings (SSSR count). The minimum Gasteiger partial charge on any atom is -0.326 e. The molecule has 1 fully saturated rings. The van der Waals surface area contributed by atoms with Gasteiger partial charge in [-0.25, -0.2) is 4.85 Å². The largest absolute Gasteiger partial charge is 0.326 e. The van der Waals surface area contributed by atoms with E-state index in [1.807, 2.05) is 12.1 Å². The first-order chi connectivity index (χ1) is 10.5. The van der Waals surface area contributed by atoms with Crippen LogP contribution in [-0.2, 0) is 5.41 Å². The van der Waals surface area contributed by atoms with Gasteiger partial charge in [-0.1, -0.05) is 19.9 Å². The molecular formula is C17H24N4S. The van der Waals surface area contributed by atoms with Crippen LogP contribution in [0.2, 0.25) is 0 Å². The summed E-state index contributed by atoms with van der Waals surface area (Å²) in [5.41, 5.74) is 5.47. The standard InChI is InChI=1S/C17H24N4S/c1-13(2)17(12-18,15-5-6-16(20-3)22-15)8-4-9-21-10-7-14(19)11-21/h5-6,13-14H,4,7-11,19H2,1-2H3/t14-,17?/m1/s1. The number of nitriles is 1. The van der Waals surface area contributed by atoms with Crippen LogP contribution >= 0.6 is 11.3 Å². The number of hydrogen-bond acceptors (Lipinski definition) is 4. The second-order valence-electron chi connectivity index (χ2n) is 6.44. The molecule has 2 heterocycles. The van der Waals surface area contributed by atoms with Crippen LogP contribution in [0.1, 0.15) is 38.0 Å². The van der Waals surface area contributed by atoms with E-state index in [1.165, 1.54) is 11.3 Å². The Morgan fingerprint density at radius 2 is 2.36 bits per heavy atom. The summed E-state index contributed by atoms with van der Waals surface area (Å²) in [5, 5.41) is 10.5. The summed E-state index contributed by atoms with van der Waals surface area (Å²) >= 11 is 1.47. The van der Waals surface area contributed by atoms with Crippen molar-refractivity contribution in [2.45, 2.75) is 44.6 Å². The van der Waals surface area contributed by atoms with E-state index >= 15 is 0 Å². The van der Waals surface area contributed by atoms with Crippen molar-refractivity contribution in [3.63, 3.8) is 0 Å². The molecule has 22 heavy (non-hydrogen) atoms. The zero-order valence-electron chi connectivity index (χ0n) is 13.4. The maximum Gasteiger partial charge on any atom is 0.241 e. The Hall–Kier alpha value is -1.40. The molecule has 0 saturated carbocycles. The lowest BCUT2D eigenvalue weighted by molar-refractivity contribution is 0.293. The zero-order chi connectivity index (χ0) is 16.2. The number of rotatable bonds is 6. The minimum atomic E-state index is -0.477. The predicted molar refractivity (Wildman–Crippen MR) is 91.0 cm³/mol. The van der Waals surface area contributed by atoms with E-state index in [-0.39, 0.29) is 5.92 Å². The highest BCUT2D eigenvalue weighted by molar-refractivity contribution is 7.16. The van der Waals surface area contributed by atoms with Gasteiger partial charge in [0, 0.05) is 17.5 Å². The normalized spacial score (nSPS) is 21.5. The predicted octanol–water partition coefficient (Wildman–Crippen LogP) is 3.53. The van der Waals surface area contributed by atoms with Gasteiger partial charge in [-0.2, -0.15) is 16.6 Å². The van der Waals surface area contributed by atoms with Crippen LogP contribution in [0.5, 0.6) is 0 Å². The van der Waals surface area contributed by atoms with Crippen LogP contribution in [0.25, 0.3) is 4.85 Å². The lowest BCUT2D eigenvalue weighted by atomic mass is 9.73. The fourth-order valence-corrected chi connectivity index (χ4v) is 4.32. The van der Waals surface area contributed by atoms with Crippen molar-refractivity contribution in [2.75, 3.05) is 19.6 Å². The summed E-state index contributed by atoms with van der Waals surface area (Å²) in [6.45, 7) is 14.4. The molecule has 2 N–H and O–H groups in total. The Labute approximate surface area is 137 Å². The summed E-state index contributed by atoms with van der Waals surface area (Å²) in [6.07, 6.45) is 2.90. The van der Waals surface area contributed by atoms with Gasteiger partial charge in [0.25, 0.3) is 0 Å². The Morgan fingerprint density at radius 3 is 2.86 bits per heavy atom. The van der Waals surface area contributed by atoms with Gasteiger partial charge >= 0.3 is 0 Å². The van der Waals surface area contributed by atoms with Gasteiger partial charge in [0.05, 0.1) is 18.1 Å². The smallest absolute Gasteiger partial charge is 0.241 e. The second-order valence-corrected chi connectivity index (χ2v) is 7.50. The highest BCUT2D eigenvalue weighted by Crippen LogP contribution is 2.42. The Kier molecular flexibility index (Phi) is 5.58. The van der Waals surface area contributed by atoms with Crippen LogP contribution in [0.4, 0.5) is 5.00 Å². The second kappa shape index (κ2) is 7.24. The molecule has 0 bridgehead atoms. The van der Waals surface area contributed by atoms with Crippen LogP contribution in [-0.4, -0.2) is 30.6 Å². The summed E-state index contributed by atoms with van der Waals surface area (Å²) in [5.74, 6) is 0.232. The van der Waals surface area contributed by atoms with Crippen molar-refractivity contribution in [2.24, 2.45) is 11.7 Å². The fraction of sp³-hybridized carbons (Fsp3) is 0.647. The highest BCUT2D eigenvalue weighted by Gasteiger charge is 2.37. The first kappa shape index (κ1) is 17.0. The van der Waals surface area contributed by atoms with Gasteiger partial charge in [0.1, 0.15) is 0 Å². The van der Waals surface area contributed by atoms with Crippen molar-refractivity contribution in [3.05, 3.63) is 28.4 Å². The molecule has 0 spiro atoms. The number of nitrogens with zero attached hydrogens (tertiary/aromatic N) is 3. The molecule has 1 aliphatic heterocycles. The van der Waals surface area contributed by atoms with Crippen LogP contribution in [0.3, 0.4) is 0 Å². The summed E-state index contributed by atoms with van der Waals surface area (Å²) in [4.78, 5) is 6.92. The van der Waals surface area contributed by atoms with Crippen molar-refractivity contribution in [1.82, 2.24) is 4.90 Å². The van der Waals surface area contributed by atoms with Gasteiger partial charge < -0.3 is 10.6 Å². The topological polar surface area (TPSA) is 57.4 Å². The molecular weight excluding hydrogens is 292 g/mol. The van der Waals surface area contributed by atoms with Crippen LogP contribution in [0.15, 0.2) is 12.1 Å². The highest BCUT2D eigenvalue weighted by atomic mass is 32.1. The van der Waals surface area contributed by atoms with Crippen molar-refractivity contribution in [1.29, 1.82) is 5.26 Å². The van der Waals surface area contributed by atoms with Crippen LogP contribution in [0, 0.1) is 23.8 Å². The maximum atomic E-state index is 9.86. The van der Waals surface area contributed by atoms with E-state index in [4.69, 9.17) is 12.3 Å². The molecule has 1 aromatic rings. The Balaban J connectivity index is 2.06. The molecule has 2 atom stereocenters. The van der Waals surface area contributed by atoms with Crippen molar-refractivity contribution < 1.29 is 0 Å². The fourth-order valence-electron chi connectivity index (χ4n) is 3.21. The van der Waals surface area contributed by atoms with Crippen LogP contribution < -0.4 is 5.73 Å². The molecule has 118 valence electrons. The molecule has 1 unspecified atom stereocenters. The van der Waals surface area contributed by atoms with E-state index in [9.17, 15) is 5.26 Å². The molecule has 0 radical (unpaired) electrons. The molecule has 1 saturated heterocycles. The molecule has 4 nitrogen and oxygen atoms in total. The van der Waals surface area contributed by atoms with E-state index in [2.05, 4.69) is 29.7 Å². The van der Waals surface area contributed by atoms with E-state index in [1.54, 1.807) is 0 Å². The van der Waals surface area contributed by atoms with E-state index < -0.39 is 5.41 Å².